The lowest BCUT2D eigenvalue weighted by Crippen LogP contribution is -2.33. The molecule has 0 aliphatic carbocycles. The Bertz CT molecular complexity index is 888. The smallest absolute Gasteiger partial charge is 0.242 e. The average molecular weight is 428 g/mol. The van der Waals surface area contributed by atoms with Gasteiger partial charge in [0.2, 0.25) is 15.9 Å². The Morgan fingerprint density at radius 2 is 1.58 bits per heavy atom. The fraction of sp³-hybridized carbons (Fsp3) is 0.0714. The summed E-state index contributed by atoms with van der Waals surface area (Å²) in [5, 5.41) is 3.30. The third-order valence-electron chi connectivity index (χ3n) is 2.81. The van der Waals surface area contributed by atoms with Crippen LogP contribution in [0.3, 0.4) is 0 Å². The number of sulfonamides is 1. The number of anilines is 1. The maximum atomic E-state index is 12.2. The summed E-state index contributed by atoms with van der Waals surface area (Å²) in [6, 6.07) is 8.51. The zero-order valence-electron chi connectivity index (χ0n) is 11.8. The van der Waals surface area contributed by atoms with Crippen LogP contribution < -0.4 is 10.0 Å². The first-order chi connectivity index (χ1) is 11.2. The van der Waals surface area contributed by atoms with Gasteiger partial charge in [-0.1, -0.05) is 46.4 Å². The van der Waals surface area contributed by atoms with Crippen molar-refractivity contribution < 1.29 is 13.2 Å². The molecule has 1 amide bonds. The summed E-state index contributed by atoms with van der Waals surface area (Å²) >= 11 is 23.2. The van der Waals surface area contributed by atoms with Crippen LogP contribution in [-0.2, 0) is 14.8 Å². The fourth-order valence-electron chi connectivity index (χ4n) is 1.70. The van der Waals surface area contributed by atoms with Crippen LogP contribution in [0.15, 0.2) is 41.3 Å². The molecule has 0 unspecified atom stereocenters. The van der Waals surface area contributed by atoms with E-state index in [1.807, 2.05) is 0 Å². The number of hydrogen-bond acceptors (Lipinski definition) is 3. The molecule has 5 nitrogen and oxygen atoms in total. The van der Waals surface area contributed by atoms with E-state index in [9.17, 15) is 13.2 Å². The van der Waals surface area contributed by atoms with E-state index in [-0.39, 0.29) is 20.0 Å². The molecule has 2 N–H and O–H groups in total. The van der Waals surface area contributed by atoms with Crippen molar-refractivity contribution in [1.29, 1.82) is 0 Å². The summed E-state index contributed by atoms with van der Waals surface area (Å²) in [7, 11) is -3.99. The lowest BCUT2D eigenvalue weighted by atomic mass is 10.3. The first-order valence-electron chi connectivity index (χ1n) is 6.38. The van der Waals surface area contributed by atoms with Crippen LogP contribution >= 0.6 is 46.4 Å². The number of carbonyl (C=O) groups excluding carboxylic acids is 1. The summed E-state index contributed by atoms with van der Waals surface area (Å²) in [6.45, 7) is -0.495. The molecule has 2 rings (SSSR count). The van der Waals surface area contributed by atoms with E-state index in [2.05, 4.69) is 10.0 Å². The molecule has 0 radical (unpaired) electrons. The second-order valence-corrected chi connectivity index (χ2v) is 7.97. The number of halogens is 4. The van der Waals surface area contributed by atoms with Crippen LogP contribution in [-0.4, -0.2) is 20.9 Å². The Morgan fingerprint density at radius 1 is 0.917 bits per heavy atom. The molecule has 0 aromatic heterocycles. The number of amides is 1. The minimum absolute atomic E-state index is 0.00297. The highest BCUT2D eigenvalue weighted by molar-refractivity contribution is 7.89. The Morgan fingerprint density at radius 3 is 2.25 bits per heavy atom. The summed E-state index contributed by atoms with van der Waals surface area (Å²) in [4.78, 5) is 11.7. The Kier molecular flexibility index (Phi) is 6.36. The first kappa shape index (κ1) is 19.3. The Hall–Kier alpha value is -1.02. The van der Waals surface area contributed by atoms with Gasteiger partial charge in [-0.2, -0.15) is 0 Å². The van der Waals surface area contributed by atoms with Crippen molar-refractivity contribution in [3.8, 4) is 0 Å². The topological polar surface area (TPSA) is 75.3 Å². The van der Waals surface area contributed by atoms with Gasteiger partial charge in [-0.25, -0.2) is 13.1 Å². The minimum atomic E-state index is -3.99. The monoisotopic (exact) mass is 426 g/mol. The third-order valence-corrected chi connectivity index (χ3v) is 5.67. The number of benzene rings is 2. The summed E-state index contributed by atoms with van der Waals surface area (Å²) in [5.74, 6) is -0.588. The van der Waals surface area contributed by atoms with Crippen molar-refractivity contribution >= 4 is 68.0 Å². The molecule has 2 aromatic carbocycles. The molecule has 24 heavy (non-hydrogen) atoms. The number of nitrogens with one attached hydrogen (secondary N) is 2. The van der Waals surface area contributed by atoms with E-state index in [1.165, 1.54) is 36.4 Å². The summed E-state index contributed by atoms with van der Waals surface area (Å²) in [6.07, 6.45) is 0. The molecule has 0 spiro atoms. The van der Waals surface area contributed by atoms with E-state index in [4.69, 9.17) is 46.4 Å². The van der Waals surface area contributed by atoms with Crippen molar-refractivity contribution in [3.05, 3.63) is 56.5 Å². The SMILES string of the molecule is O=C(CNS(=O)(=O)c1cc(Cl)ccc1Cl)Nc1ccc(Cl)c(Cl)c1. The number of carbonyl (C=O) groups is 1. The highest BCUT2D eigenvalue weighted by atomic mass is 35.5. The molecular weight excluding hydrogens is 418 g/mol. The van der Waals surface area contributed by atoms with E-state index in [0.717, 1.165) is 0 Å². The Balaban J connectivity index is 2.05. The van der Waals surface area contributed by atoms with Gasteiger partial charge in [-0.05, 0) is 36.4 Å². The fourth-order valence-corrected chi connectivity index (χ4v) is 3.74. The maximum absolute atomic E-state index is 12.2. The second-order valence-electron chi connectivity index (χ2n) is 4.58. The second kappa shape index (κ2) is 7.91. The zero-order chi connectivity index (χ0) is 17.9. The van der Waals surface area contributed by atoms with Crippen molar-refractivity contribution in [2.75, 3.05) is 11.9 Å². The molecule has 2 aromatic rings. The van der Waals surface area contributed by atoms with Gasteiger partial charge in [0, 0.05) is 10.7 Å². The molecule has 0 bridgehead atoms. The van der Waals surface area contributed by atoms with Gasteiger partial charge in [-0.3, -0.25) is 4.79 Å². The molecule has 128 valence electrons. The maximum Gasteiger partial charge on any atom is 0.242 e. The molecular formula is C14H10Cl4N2O3S. The molecule has 0 saturated carbocycles. The highest BCUT2D eigenvalue weighted by Gasteiger charge is 2.19. The lowest BCUT2D eigenvalue weighted by Gasteiger charge is -2.10. The molecule has 10 heteroatoms. The van der Waals surface area contributed by atoms with Gasteiger partial charge in [-0.15, -0.1) is 0 Å². The van der Waals surface area contributed by atoms with Crippen LogP contribution in [0.5, 0.6) is 0 Å². The van der Waals surface area contributed by atoms with Gasteiger partial charge in [0.15, 0.2) is 0 Å². The summed E-state index contributed by atoms with van der Waals surface area (Å²) in [5.41, 5.74) is 0.384. The van der Waals surface area contributed by atoms with Crippen molar-refractivity contribution in [1.82, 2.24) is 4.72 Å². The van der Waals surface area contributed by atoms with E-state index in [1.54, 1.807) is 0 Å². The van der Waals surface area contributed by atoms with Crippen molar-refractivity contribution in [2.45, 2.75) is 4.90 Å². The van der Waals surface area contributed by atoms with Crippen LogP contribution in [0.1, 0.15) is 0 Å². The summed E-state index contributed by atoms with van der Waals surface area (Å²) < 4.78 is 26.5. The van der Waals surface area contributed by atoms with Crippen LogP contribution in [0.25, 0.3) is 0 Å². The molecule has 0 saturated heterocycles. The van der Waals surface area contributed by atoms with Crippen molar-refractivity contribution in [2.24, 2.45) is 0 Å². The number of hydrogen-bond donors (Lipinski definition) is 2. The zero-order valence-corrected chi connectivity index (χ0v) is 15.7. The van der Waals surface area contributed by atoms with E-state index >= 15 is 0 Å². The van der Waals surface area contributed by atoms with Gasteiger partial charge >= 0.3 is 0 Å². The molecule has 0 aliphatic rings. The number of rotatable bonds is 5. The molecule has 0 aliphatic heterocycles. The predicted molar refractivity (Wildman–Crippen MR) is 96.7 cm³/mol. The largest absolute Gasteiger partial charge is 0.325 e. The Labute approximate surface area is 158 Å². The standard InChI is InChI=1S/C14H10Cl4N2O3S/c15-8-1-3-11(17)13(5-8)24(22,23)19-7-14(21)20-9-2-4-10(16)12(18)6-9/h1-6,19H,7H2,(H,20,21). The van der Waals surface area contributed by atoms with Gasteiger partial charge in [0.1, 0.15) is 4.90 Å². The predicted octanol–water partition coefficient (Wildman–Crippen LogP) is 4.22. The molecule has 0 fully saturated rings. The molecule has 0 atom stereocenters. The van der Waals surface area contributed by atoms with Gasteiger partial charge in [0.05, 0.1) is 21.6 Å². The van der Waals surface area contributed by atoms with Crippen LogP contribution in [0.2, 0.25) is 20.1 Å². The van der Waals surface area contributed by atoms with Gasteiger partial charge < -0.3 is 5.32 Å². The van der Waals surface area contributed by atoms with Crippen molar-refractivity contribution in [3.63, 3.8) is 0 Å². The first-order valence-corrected chi connectivity index (χ1v) is 9.38. The average Bonchev–Trinajstić information content (AvgIpc) is 2.51. The normalized spacial score (nSPS) is 11.3. The van der Waals surface area contributed by atoms with Gasteiger partial charge in [0.25, 0.3) is 0 Å². The minimum Gasteiger partial charge on any atom is -0.325 e. The van der Waals surface area contributed by atoms with E-state index in [0.29, 0.717) is 10.7 Å². The molecule has 0 heterocycles. The quantitative estimate of drug-likeness (QED) is 0.749. The third kappa shape index (κ3) is 4.99. The highest BCUT2D eigenvalue weighted by Crippen LogP contribution is 2.26. The van der Waals surface area contributed by atoms with E-state index < -0.39 is 22.5 Å². The van der Waals surface area contributed by atoms with Crippen LogP contribution in [0.4, 0.5) is 5.69 Å². The lowest BCUT2D eigenvalue weighted by molar-refractivity contribution is -0.115. The van der Waals surface area contributed by atoms with Crippen LogP contribution in [0, 0.1) is 0 Å².